The molecule has 1 amide bonds. The number of nitrogens with one attached hydrogen (secondary N) is 1. The van der Waals surface area contributed by atoms with E-state index in [2.05, 4.69) is 21.2 Å². The molecule has 1 heterocycles. The first-order valence-corrected chi connectivity index (χ1v) is 6.87. The highest BCUT2D eigenvalue weighted by Crippen LogP contribution is 2.30. The molecule has 3 nitrogen and oxygen atoms in total. The summed E-state index contributed by atoms with van der Waals surface area (Å²) in [5, 5.41) is 2.83. The van der Waals surface area contributed by atoms with E-state index in [-0.39, 0.29) is 11.9 Å². The number of carbonyl (C=O) groups is 1. The third-order valence-corrected chi connectivity index (χ3v) is 4.08. The van der Waals surface area contributed by atoms with Crippen LogP contribution in [0.5, 0.6) is 0 Å². The van der Waals surface area contributed by atoms with Crippen molar-refractivity contribution < 1.29 is 4.79 Å². The van der Waals surface area contributed by atoms with E-state index >= 15 is 0 Å². The molecule has 96 valence electrons. The number of rotatable bonds is 2. The van der Waals surface area contributed by atoms with E-state index in [1.165, 1.54) is 0 Å². The number of anilines is 1. The average Bonchev–Trinajstić information content (AvgIpc) is 2.77. The Morgan fingerprint density at radius 2 is 2.00 bits per heavy atom. The van der Waals surface area contributed by atoms with Gasteiger partial charge in [-0.1, -0.05) is 46.3 Å². The first-order chi connectivity index (χ1) is 9.15. The quantitative estimate of drug-likeness (QED) is 0.895. The summed E-state index contributed by atoms with van der Waals surface area (Å²) < 4.78 is 0.997. The topological polar surface area (TPSA) is 55.1 Å². The monoisotopic (exact) mass is 316 g/mol. The minimum absolute atomic E-state index is 0.0432. The molecule has 0 radical (unpaired) electrons. The Labute approximate surface area is 119 Å². The van der Waals surface area contributed by atoms with E-state index in [1.807, 2.05) is 42.5 Å². The summed E-state index contributed by atoms with van der Waals surface area (Å²) in [5.41, 5.74) is 10.3. The second-order valence-electron chi connectivity index (χ2n) is 4.64. The van der Waals surface area contributed by atoms with Crippen LogP contribution in [0.1, 0.15) is 22.7 Å². The fourth-order valence-electron chi connectivity index (χ4n) is 2.35. The van der Waals surface area contributed by atoms with Gasteiger partial charge in [-0.05, 0) is 28.8 Å². The molecule has 4 heteroatoms. The molecule has 0 fully saturated rings. The third kappa shape index (κ3) is 2.29. The fraction of sp³-hybridized carbons (Fsp3) is 0.133. The molecule has 0 aromatic heterocycles. The molecule has 1 aliphatic heterocycles. The Balaban J connectivity index is 1.97. The first-order valence-electron chi connectivity index (χ1n) is 6.08. The van der Waals surface area contributed by atoms with Gasteiger partial charge < -0.3 is 11.1 Å². The lowest BCUT2D eigenvalue weighted by atomic mass is 9.97. The molecule has 19 heavy (non-hydrogen) atoms. The minimum atomic E-state index is -0.198. The molecule has 0 saturated heterocycles. The predicted octanol–water partition coefficient (Wildman–Crippen LogP) is 2.99. The van der Waals surface area contributed by atoms with Gasteiger partial charge in [0, 0.05) is 10.2 Å². The maximum absolute atomic E-state index is 11.4. The van der Waals surface area contributed by atoms with Gasteiger partial charge in [-0.25, -0.2) is 0 Å². The lowest BCUT2D eigenvalue weighted by Gasteiger charge is -2.15. The minimum Gasteiger partial charge on any atom is -0.326 e. The van der Waals surface area contributed by atoms with Crippen LogP contribution in [0, 0.1) is 0 Å². The van der Waals surface area contributed by atoms with Gasteiger partial charge >= 0.3 is 0 Å². The Hall–Kier alpha value is -1.65. The molecule has 0 bridgehead atoms. The van der Waals surface area contributed by atoms with E-state index in [4.69, 9.17) is 5.73 Å². The maximum atomic E-state index is 11.4. The lowest BCUT2D eigenvalue weighted by molar-refractivity contribution is -0.115. The van der Waals surface area contributed by atoms with Crippen LogP contribution in [0.25, 0.3) is 0 Å². The molecule has 1 unspecified atom stereocenters. The molecule has 2 aromatic carbocycles. The van der Waals surface area contributed by atoms with Gasteiger partial charge in [0.1, 0.15) is 0 Å². The summed E-state index contributed by atoms with van der Waals surface area (Å²) in [6, 6.07) is 13.6. The van der Waals surface area contributed by atoms with Gasteiger partial charge in [-0.3, -0.25) is 4.79 Å². The van der Waals surface area contributed by atoms with Crippen molar-refractivity contribution in [2.45, 2.75) is 12.5 Å². The third-order valence-electron chi connectivity index (χ3n) is 3.35. The maximum Gasteiger partial charge on any atom is 0.228 e. The molecule has 2 aromatic rings. The molecular formula is C15H13BrN2O. The Morgan fingerprint density at radius 3 is 2.79 bits per heavy atom. The van der Waals surface area contributed by atoms with Crippen molar-refractivity contribution in [3.63, 3.8) is 0 Å². The van der Waals surface area contributed by atoms with E-state index in [0.717, 1.165) is 26.9 Å². The van der Waals surface area contributed by atoms with Crippen molar-refractivity contribution >= 4 is 27.5 Å². The highest BCUT2D eigenvalue weighted by Gasteiger charge is 2.20. The van der Waals surface area contributed by atoms with Gasteiger partial charge in [-0.15, -0.1) is 0 Å². The zero-order valence-electron chi connectivity index (χ0n) is 10.2. The highest BCUT2D eigenvalue weighted by molar-refractivity contribution is 9.10. The van der Waals surface area contributed by atoms with E-state index in [9.17, 15) is 4.79 Å². The van der Waals surface area contributed by atoms with Crippen molar-refractivity contribution in [2.24, 2.45) is 5.73 Å². The van der Waals surface area contributed by atoms with Gasteiger partial charge in [0.15, 0.2) is 0 Å². The van der Waals surface area contributed by atoms with Crippen molar-refractivity contribution in [3.8, 4) is 0 Å². The molecule has 0 saturated carbocycles. The smallest absolute Gasteiger partial charge is 0.228 e. The SMILES string of the molecule is NC(c1ccc2c(c1)CC(=O)N2)c1ccccc1Br. The highest BCUT2D eigenvalue weighted by atomic mass is 79.9. The molecule has 1 aliphatic rings. The van der Waals surface area contributed by atoms with Crippen LogP contribution < -0.4 is 11.1 Å². The molecule has 0 spiro atoms. The predicted molar refractivity (Wildman–Crippen MR) is 78.9 cm³/mol. The molecular weight excluding hydrogens is 304 g/mol. The number of nitrogens with two attached hydrogens (primary N) is 1. The van der Waals surface area contributed by atoms with Crippen LogP contribution >= 0.6 is 15.9 Å². The van der Waals surface area contributed by atoms with Crippen LogP contribution in [0.15, 0.2) is 46.9 Å². The standard InChI is InChI=1S/C15H13BrN2O/c16-12-4-2-1-3-11(12)15(17)9-5-6-13-10(7-9)8-14(19)18-13/h1-7,15H,8,17H2,(H,18,19). The zero-order valence-corrected chi connectivity index (χ0v) is 11.8. The summed E-state index contributed by atoms with van der Waals surface area (Å²) >= 11 is 3.52. The number of benzene rings is 2. The largest absolute Gasteiger partial charge is 0.326 e. The Kier molecular flexibility index (Phi) is 3.12. The number of halogens is 1. The van der Waals surface area contributed by atoms with Crippen molar-refractivity contribution in [2.75, 3.05) is 5.32 Å². The van der Waals surface area contributed by atoms with Crippen LogP contribution in [-0.4, -0.2) is 5.91 Å². The summed E-state index contributed by atoms with van der Waals surface area (Å²) in [6.45, 7) is 0. The number of hydrogen-bond acceptors (Lipinski definition) is 2. The number of amides is 1. The summed E-state index contributed by atoms with van der Waals surface area (Å²) in [4.78, 5) is 11.4. The van der Waals surface area contributed by atoms with Crippen molar-refractivity contribution in [1.29, 1.82) is 0 Å². The Bertz CT molecular complexity index is 654. The van der Waals surface area contributed by atoms with Crippen molar-refractivity contribution in [3.05, 3.63) is 63.6 Å². The lowest BCUT2D eigenvalue weighted by Crippen LogP contribution is -2.12. The molecule has 1 atom stereocenters. The number of hydrogen-bond donors (Lipinski definition) is 2. The molecule has 0 aliphatic carbocycles. The van der Waals surface area contributed by atoms with E-state index < -0.39 is 0 Å². The van der Waals surface area contributed by atoms with Gasteiger partial charge in [0.2, 0.25) is 5.91 Å². The molecule has 3 rings (SSSR count). The number of carbonyl (C=O) groups excluding carboxylic acids is 1. The normalized spacial score (nSPS) is 14.9. The number of fused-ring (bicyclic) bond motifs is 1. The summed E-state index contributed by atoms with van der Waals surface area (Å²) in [6.07, 6.45) is 0.436. The van der Waals surface area contributed by atoms with E-state index in [1.54, 1.807) is 0 Å². The summed E-state index contributed by atoms with van der Waals surface area (Å²) in [5.74, 6) is 0.0432. The Morgan fingerprint density at radius 1 is 1.21 bits per heavy atom. The van der Waals surface area contributed by atoms with Crippen LogP contribution in [0.4, 0.5) is 5.69 Å². The van der Waals surface area contributed by atoms with Crippen LogP contribution in [0.3, 0.4) is 0 Å². The van der Waals surface area contributed by atoms with Crippen molar-refractivity contribution in [1.82, 2.24) is 0 Å². The van der Waals surface area contributed by atoms with E-state index in [0.29, 0.717) is 6.42 Å². The second kappa shape index (κ2) is 4.79. The van der Waals surface area contributed by atoms with Gasteiger partial charge in [0.05, 0.1) is 12.5 Å². The van der Waals surface area contributed by atoms with Gasteiger partial charge in [0.25, 0.3) is 0 Å². The summed E-state index contributed by atoms with van der Waals surface area (Å²) in [7, 11) is 0. The first kappa shape index (κ1) is 12.4. The fourth-order valence-corrected chi connectivity index (χ4v) is 2.88. The zero-order chi connectivity index (χ0) is 13.4. The molecule has 3 N–H and O–H groups in total. The van der Waals surface area contributed by atoms with Gasteiger partial charge in [-0.2, -0.15) is 0 Å². The van der Waals surface area contributed by atoms with Crippen LogP contribution in [-0.2, 0) is 11.2 Å². The van der Waals surface area contributed by atoms with Crippen LogP contribution in [0.2, 0.25) is 0 Å². The average molecular weight is 317 g/mol. The second-order valence-corrected chi connectivity index (χ2v) is 5.50.